The highest BCUT2D eigenvalue weighted by Crippen LogP contribution is 2.43. The van der Waals surface area contributed by atoms with Crippen molar-refractivity contribution in [3.05, 3.63) is 41.4 Å². The van der Waals surface area contributed by atoms with Crippen molar-refractivity contribution in [3.8, 4) is 28.5 Å². The fraction of sp³-hybridized carbons (Fsp3) is 0.158. The van der Waals surface area contributed by atoms with E-state index < -0.39 is 0 Å². The van der Waals surface area contributed by atoms with E-state index in [2.05, 4.69) is 21.6 Å². The Hall–Kier alpha value is -2.99. The summed E-state index contributed by atoms with van der Waals surface area (Å²) in [5, 5.41) is 12.4. The monoisotopic (exact) mass is 371 g/mol. The molecule has 26 heavy (non-hydrogen) atoms. The van der Waals surface area contributed by atoms with Crippen LogP contribution in [0.15, 0.2) is 36.4 Å². The number of hydrogen-bond donors (Lipinski definition) is 3. The molecule has 134 valence electrons. The minimum Gasteiger partial charge on any atom is -0.495 e. The third-order valence-corrected chi connectivity index (χ3v) is 4.69. The summed E-state index contributed by atoms with van der Waals surface area (Å²) in [7, 11) is 4.85. The maximum absolute atomic E-state index is 6.21. The first-order valence-electron chi connectivity index (χ1n) is 8.00. The van der Waals surface area contributed by atoms with Crippen LogP contribution in [0.3, 0.4) is 0 Å². The summed E-state index contributed by atoms with van der Waals surface area (Å²) in [6, 6.07) is 11.6. The van der Waals surface area contributed by atoms with Crippen molar-refractivity contribution in [1.82, 2.24) is 10.2 Å². The fourth-order valence-electron chi connectivity index (χ4n) is 3.11. The number of fused-ring (bicyclic) bond motifs is 3. The molecule has 0 atom stereocenters. The number of nitrogens with one attached hydrogen (secondary N) is 3. The number of hydrogen-bond acceptors (Lipinski definition) is 4. The van der Waals surface area contributed by atoms with Crippen LogP contribution in [0.2, 0.25) is 5.02 Å². The molecule has 0 aromatic heterocycles. The van der Waals surface area contributed by atoms with Gasteiger partial charge >= 0.3 is 0 Å². The number of aromatic nitrogens is 2. The minimum atomic E-state index is 0.548. The average molecular weight is 372 g/mol. The number of H-pyrrole nitrogens is 2. The van der Waals surface area contributed by atoms with Crippen LogP contribution in [0.4, 0.5) is 11.5 Å². The predicted octanol–water partition coefficient (Wildman–Crippen LogP) is 5.02. The summed E-state index contributed by atoms with van der Waals surface area (Å²) in [5.41, 5.74) is 2.87. The highest BCUT2D eigenvalue weighted by atomic mass is 35.5. The molecule has 2 aromatic carbocycles. The molecule has 0 spiro atoms. The highest BCUT2D eigenvalue weighted by molar-refractivity contribution is 6.32. The minimum absolute atomic E-state index is 0.548. The van der Waals surface area contributed by atoms with Crippen LogP contribution in [-0.2, 0) is 0 Å². The molecular weight excluding hydrogens is 354 g/mol. The summed E-state index contributed by atoms with van der Waals surface area (Å²) in [6.45, 7) is 0. The molecule has 0 amide bonds. The van der Waals surface area contributed by atoms with Crippen LogP contribution in [0.1, 0.15) is 0 Å². The topological polar surface area (TPSA) is 71.3 Å². The van der Waals surface area contributed by atoms with Gasteiger partial charge in [-0.25, -0.2) is 0 Å². The van der Waals surface area contributed by atoms with E-state index in [4.69, 9.17) is 25.8 Å². The highest BCUT2D eigenvalue weighted by Gasteiger charge is 2.19. The second-order valence-electron chi connectivity index (χ2n) is 5.83. The maximum atomic E-state index is 6.21. The van der Waals surface area contributed by atoms with E-state index in [1.807, 2.05) is 30.3 Å². The van der Waals surface area contributed by atoms with Crippen LogP contribution < -0.4 is 19.5 Å². The van der Waals surface area contributed by atoms with Gasteiger partial charge in [-0.05, 0) is 41.8 Å². The zero-order valence-corrected chi connectivity index (χ0v) is 15.3. The van der Waals surface area contributed by atoms with Gasteiger partial charge in [0.05, 0.1) is 32.0 Å². The predicted molar refractivity (Wildman–Crippen MR) is 104 cm³/mol. The van der Waals surface area contributed by atoms with E-state index in [-0.39, 0.29) is 0 Å². The van der Waals surface area contributed by atoms with E-state index in [1.54, 1.807) is 21.3 Å². The normalized spacial score (nSPS) is 11.1. The largest absolute Gasteiger partial charge is 0.495 e. The first-order chi connectivity index (χ1) is 12.6. The molecule has 0 unspecified atom stereocenters. The van der Waals surface area contributed by atoms with Crippen molar-refractivity contribution in [1.29, 1.82) is 0 Å². The van der Waals surface area contributed by atoms with Crippen molar-refractivity contribution in [2.75, 3.05) is 26.6 Å². The van der Waals surface area contributed by atoms with Crippen molar-refractivity contribution < 1.29 is 14.2 Å². The Labute approximate surface area is 155 Å². The van der Waals surface area contributed by atoms with Crippen LogP contribution in [-0.4, -0.2) is 31.5 Å². The molecular formula is C19H18ClN3O3. The van der Waals surface area contributed by atoms with Gasteiger partial charge in [-0.2, -0.15) is 0 Å². The van der Waals surface area contributed by atoms with Gasteiger partial charge in [0.2, 0.25) is 0 Å². The summed E-state index contributed by atoms with van der Waals surface area (Å²) in [5.74, 6) is 2.88. The zero-order chi connectivity index (χ0) is 18.3. The standard InChI is InChI=1S/C19H18ClN3O3/c1-24-15-5-4-11(8-14(15)20)21-19-13-6-10-7-16(25-2)17(26-3)9-12(10)18(13)22-23-19/h4-9,21-23H,1-3H3. The molecule has 3 N–H and O–H groups in total. The number of methoxy groups -OCH3 is 3. The van der Waals surface area contributed by atoms with Crippen molar-refractivity contribution in [2.24, 2.45) is 0 Å². The van der Waals surface area contributed by atoms with Crippen LogP contribution in [0.25, 0.3) is 22.0 Å². The number of rotatable bonds is 5. The second kappa shape index (κ2) is 6.38. The Morgan fingerprint density at radius 3 is 2.27 bits per heavy atom. The first-order valence-corrected chi connectivity index (χ1v) is 8.37. The van der Waals surface area contributed by atoms with Gasteiger partial charge < -0.3 is 19.5 Å². The van der Waals surface area contributed by atoms with E-state index in [0.717, 1.165) is 33.5 Å². The number of anilines is 2. The molecule has 0 bridgehead atoms. The van der Waals surface area contributed by atoms with Gasteiger partial charge in [0, 0.05) is 16.6 Å². The van der Waals surface area contributed by atoms with Crippen LogP contribution in [0, 0.1) is 0 Å². The first kappa shape index (κ1) is 16.5. The van der Waals surface area contributed by atoms with Crippen LogP contribution in [0.5, 0.6) is 17.2 Å². The molecule has 0 fully saturated rings. The molecule has 0 saturated heterocycles. The Morgan fingerprint density at radius 2 is 1.58 bits per heavy atom. The molecule has 2 aliphatic rings. The van der Waals surface area contributed by atoms with Crippen molar-refractivity contribution in [3.63, 3.8) is 0 Å². The number of ether oxygens (including phenoxy) is 3. The van der Waals surface area contributed by atoms with E-state index in [0.29, 0.717) is 22.3 Å². The lowest BCUT2D eigenvalue weighted by molar-refractivity contribution is 0.356. The summed E-state index contributed by atoms with van der Waals surface area (Å²) in [4.78, 5) is 0. The third-order valence-electron chi connectivity index (χ3n) is 4.40. The lowest BCUT2D eigenvalue weighted by Crippen LogP contribution is -1.92. The maximum Gasteiger partial charge on any atom is 0.161 e. The van der Waals surface area contributed by atoms with Crippen molar-refractivity contribution in [2.45, 2.75) is 0 Å². The van der Waals surface area contributed by atoms with Crippen LogP contribution >= 0.6 is 11.6 Å². The second-order valence-corrected chi connectivity index (χ2v) is 6.23. The number of aromatic amines is 2. The molecule has 1 aliphatic heterocycles. The smallest absolute Gasteiger partial charge is 0.161 e. The van der Waals surface area contributed by atoms with Gasteiger partial charge in [0.25, 0.3) is 0 Å². The van der Waals surface area contributed by atoms with E-state index in [9.17, 15) is 0 Å². The number of halogens is 1. The zero-order valence-electron chi connectivity index (χ0n) is 14.6. The lowest BCUT2D eigenvalue weighted by Gasteiger charge is -2.08. The van der Waals surface area contributed by atoms with E-state index >= 15 is 0 Å². The quantitative estimate of drug-likeness (QED) is 0.460. The summed E-state index contributed by atoms with van der Waals surface area (Å²) >= 11 is 6.21. The molecule has 7 heteroatoms. The molecule has 1 aliphatic carbocycles. The molecule has 2 aromatic rings. The summed E-state index contributed by atoms with van der Waals surface area (Å²) < 4.78 is 16.0. The van der Waals surface area contributed by atoms with Gasteiger partial charge in [-0.1, -0.05) is 11.6 Å². The lowest BCUT2D eigenvalue weighted by atomic mass is 10.2. The van der Waals surface area contributed by atoms with Gasteiger partial charge in [0.1, 0.15) is 11.6 Å². The summed E-state index contributed by atoms with van der Waals surface area (Å²) in [6.07, 6.45) is 0. The Morgan fingerprint density at radius 1 is 0.846 bits per heavy atom. The van der Waals surface area contributed by atoms with Gasteiger partial charge in [-0.3, -0.25) is 10.2 Å². The average Bonchev–Trinajstić information content (AvgIpc) is 3.20. The molecule has 4 rings (SSSR count). The van der Waals surface area contributed by atoms with Gasteiger partial charge in [0.15, 0.2) is 11.5 Å². The fourth-order valence-corrected chi connectivity index (χ4v) is 3.37. The molecule has 1 heterocycles. The van der Waals surface area contributed by atoms with Gasteiger partial charge in [-0.15, -0.1) is 0 Å². The SMILES string of the molecule is COc1ccc(Nc2[nH][nH]c3c4cc(OC)c(OC)cc4cc2-3)cc1Cl. The molecule has 6 nitrogen and oxygen atoms in total. The molecule has 0 saturated carbocycles. The third kappa shape index (κ3) is 2.59. The Bertz CT molecular complexity index is 1050. The number of benzene rings is 2. The Kier molecular flexibility index (Phi) is 4.05. The Balaban J connectivity index is 1.74. The molecule has 0 radical (unpaired) electrons. The van der Waals surface area contributed by atoms with E-state index in [1.165, 1.54) is 0 Å². The van der Waals surface area contributed by atoms with Crippen molar-refractivity contribution >= 4 is 33.9 Å².